The number of nitrogens with one attached hydrogen (secondary N) is 2. The van der Waals surface area contributed by atoms with Crippen molar-refractivity contribution < 1.29 is 9.47 Å². The number of hydrazone groups is 1. The number of methoxy groups -OCH3 is 2. The van der Waals surface area contributed by atoms with E-state index in [4.69, 9.17) is 44.9 Å². The molecule has 0 aliphatic heterocycles. The highest BCUT2D eigenvalue weighted by molar-refractivity contribution is 7.80. The Morgan fingerprint density at radius 3 is 2.46 bits per heavy atom. The van der Waals surface area contributed by atoms with Crippen LogP contribution in [0.25, 0.3) is 0 Å². The van der Waals surface area contributed by atoms with Gasteiger partial charge in [0, 0.05) is 11.8 Å². The van der Waals surface area contributed by atoms with Crippen molar-refractivity contribution in [3.05, 3.63) is 52.0 Å². The fourth-order valence-electron chi connectivity index (χ4n) is 1.83. The molecule has 2 N–H and O–H groups in total. The fourth-order valence-corrected chi connectivity index (χ4v) is 2.31. The van der Waals surface area contributed by atoms with Crippen molar-refractivity contribution in [1.82, 2.24) is 5.43 Å². The van der Waals surface area contributed by atoms with E-state index in [2.05, 4.69) is 15.8 Å². The molecule has 0 fully saturated rings. The molecule has 0 aromatic heterocycles. The Morgan fingerprint density at radius 1 is 1.04 bits per heavy atom. The summed E-state index contributed by atoms with van der Waals surface area (Å²) in [5.74, 6) is 1.24. The van der Waals surface area contributed by atoms with E-state index in [0.29, 0.717) is 26.7 Å². The van der Waals surface area contributed by atoms with Gasteiger partial charge < -0.3 is 14.8 Å². The Kier molecular flexibility index (Phi) is 6.66. The minimum atomic E-state index is 0.332. The van der Waals surface area contributed by atoms with Gasteiger partial charge in [0.15, 0.2) is 16.6 Å². The van der Waals surface area contributed by atoms with Crippen molar-refractivity contribution in [1.29, 1.82) is 0 Å². The third-order valence-electron chi connectivity index (χ3n) is 2.96. The van der Waals surface area contributed by atoms with Gasteiger partial charge in [-0.1, -0.05) is 29.3 Å². The number of halogens is 2. The molecular formula is C16H15Cl2N3O2S. The molecule has 0 unspecified atom stereocenters. The Morgan fingerprint density at radius 2 is 1.79 bits per heavy atom. The van der Waals surface area contributed by atoms with Crippen molar-refractivity contribution in [3.63, 3.8) is 0 Å². The first-order chi connectivity index (χ1) is 11.5. The second-order valence-electron chi connectivity index (χ2n) is 4.57. The van der Waals surface area contributed by atoms with Gasteiger partial charge in [-0.15, -0.1) is 0 Å². The molecule has 0 spiro atoms. The zero-order valence-corrected chi connectivity index (χ0v) is 15.3. The van der Waals surface area contributed by atoms with Gasteiger partial charge in [0.25, 0.3) is 0 Å². The molecule has 126 valence electrons. The maximum absolute atomic E-state index is 5.94. The van der Waals surface area contributed by atoms with Gasteiger partial charge in [-0.3, -0.25) is 5.43 Å². The van der Waals surface area contributed by atoms with Crippen LogP contribution in [0.5, 0.6) is 11.5 Å². The number of benzene rings is 2. The number of thiocarbonyl (C=S) groups is 1. The highest BCUT2D eigenvalue weighted by Gasteiger charge is 2.05. The summed E-state index contributed by atoms with van der Waals surface area (Å²) in [6.45, 7) is 0. The number of rotatable bonds is 5. The standard InChI is InChI=1S/C16H15Cl2N3O2S/c1-22-14-6-4-11(8-15(14)23-2)20-16(24)21-19-9-10-3-5-12(17)13(18)7-10/h3-9H,1-2H3,(H2,20,21,24)/b19-9-. The summed E-state index contributed by atoms with van der Waals surface area (Å²) in [6, 6.07) is 10.6. The van der Waals surface area contributed by atoms with Crippen LogP contribution in [0, 0.1) is 0 Å². The van der Waals surface area contributed by atoms with Gasteiger partial charge in [0.2, 0.25) is 0 Å². The second-order valence-corrected chi connectivity index (χ2v) is 5.79. The van der Waals surface area contributed by atoms with E-state index in [-0.39, 0.29) is 0 Å². The molecule has 0 aliphatic carbocycles. The van der Waals surface area contributed by atoms with Crippen LogP contribution in [0.1, 0.15) is 5.56 Å². The summed E-state index contributed by atoms with van der Waals surface area (Å²) in [6.07, 6.45) is 1.59. The average molecular weight is 384 g/mol. The Balaban J connectivity index is 1.95. The first kappa shape index (κ1) is 18.3. The predicted octanol–water partition coefficient (Wildman–Crippen LogP) is 4.33. The van der Waals surface area contributed by atoms with Crippen LogP contribution in [0.3, 0.4) is 0 Å². The number of ether oxygens (including phenoxy) is 2. The summed E-state index contributed by atoms with van der Waals surface area (Å²) in [5.41, 5.74) is 4.26. The largest absolute Gasteiger partial charge is 0.493 e. The van der Waals surface area contributed by atoms with E-state index in [0.717, 1.165) is 11.3 Å². The summed E-state index contributed by atoms with van der Waals surface area (Å²) in [7, 11) is 3.15. The van der Waals surface area contributed by atoms with E-state index < -0.39 is 0 Å². The van der Waals surface area contributed by atoms with Crippen LogP contribution in [0.4, 0.5) is 5.69 Å². The smallest absolute Gasteiger partial charge is 0.191 e. The molecule has 0 radical (unpaired) electrons. The second kappa shape index (κ2) is 8.73. The van der Waals surface area contributed by atoms with E-state index in [9.17, 15) is 0 Å². The average Bonchev–Trinajstić information content (AvgIpc) is 2.58. The van der Waals surface area contributed by atoms with Crippen molar-refractivity contribution in [2.45, 2.75) is 0 Å². The Labute approximate surface area is 155 Å². The van der Waals surface area contributed by atoms with Crippen LogP contribution in [-0.2, 0) is 0 Å². The summed E-state index contributed by atoms with van der Waals surface area (Å²) < 4.78 is 10.4. The maximum Gasteiger partial charge on any atom is 0.191 e. The van der Waals surface area contributed by atoms with Crippen LogP contribution in [0.15, 0.2) is 41.5 Å². The fraction of sp³-hybridized carbons (Fsp3) is 0.125. The molecule has 0 saturated heterocycles. The lowest BCUT2D eigenvalue weighted by Gasteiger charge is -2.11. The predicted molar refractivity (Wildman–Crippen MR) is 103 cm³/mol. The quantitative estimate of drug-likeness (QED) is 0.457. The van der Waals surface area contributed by atoms with E-state index in [1.54, 1.807) is 50.8 Å². The minimum Gasteiger partial charge on any atom is -0.493 e. The summed E-state index contributed by atoms with van der Waals surface area (Å²) >= 11 is 17.0. The van der Waals surface area contributed by atoms with Gasteiger partial charge in [-0.25, -0.2) is 0 Å². The van der Waals surface area contributed by atoms with Crippen LogP contribution < -0.4 is 20.2 Å². The normalized spacial score (nSPS) is 10.5. The van der Waals surface area contributed by atoms with Crippen molar-refractivity contribution >= 4 is 52.4 Å². The van der Waals surface area contributed by atoms with Crippen LogP contribution in [0.2, 0.25) is 10.0 Å². The highest BCUT2D eigenvalue weighted by atomic mass is 35.5. The maximum atomic E-state index is 5.94. The van der Waals surface area contributed by atoms with Gasteiger partial charge >= 0.3 is 0 Å². The topological polar surface area (TPSA) is 54.9 Å². The molecule has 0 aliphatic rings. The molecule has 0 atom stereocenters. The first-order valence-corrected chi connectivity index (χ1v) is 7.97. The zero-order chi connectivity index (χ0) is 17.5. The molecule has 0 bridgehead atoms. The molecule has 5 nitrogen and oxygen atoms in total. The summed E-state index contributed by atoms with van der Waals surface area (Å²) in [4.78, 5) is 0. The molecule has 8 heteroatoms. The highest BCUT2D eigenvalue weighted by Crippen LogP contribution is 2.29. The third kappa shape index (κ3) is 4.99. The number of nitrogens with zero attached hydrogens (tertiary/aromatic N) is 1. The van der Waals surface area contributed by atoms with Crippen LogP contribution >= 0.6 is 35.4 Å². The molecule has 2 aromatic rings. The monoisotopic (exact) mass is 383 g/mol. The molecule has 0 saturated carbocycles. The zero-order valence-electron chi connectivity index (χ0n) is 13.0. The van der Waals surface area contributed by atoms with Gasteiger partial charge in [0.05, 0.1) is 30.5 Å². The lowest BCUT2D eigenvalue weighted by molar-refractivity contribution is 0.355. The molecule has 0 heterocycles. The van der Waals surface area contributed by atoms with Gasteiger partial charge in [-0.05, 0) is 42.0 Å². The lowest BCUT2D eigenvalue weighted by Crippen LogP contribution is -2.23. The number of anilines is 1. The molecule has 2 aromatic carbocycles. The van der Waals surface area contributed by atoms with Crippen LogP contribution in [-0.4, -0.2) is 25.5 Å². The minimum absolute atomic E-state index is 0.332. The Hall–Kier alpha value is -2.02. The van der Waals surface area contributed by atoms with Crippen molar-refractivity contribution in [3.8, 4) is 11.5 Å². The summed E-state index contributed by atoms with van der Waals surface area (Å²) in [5, 5.41) is 8.34. The van der Waals surface area contributed by atoms with E-state index in [1.807, 2.05) is 6.07 Å². The molecule has 0 amide bonds. The lowest BCUT2D eigenvalue weighted by atomic mass is 10.2. The van der Waals surface area contributed by atoms with Gasteiger partial charge in [0.1, 0.15) is 0 Å². The van der Waals surface area contributed by atoms with E-state index in [1.165, 1.54) is 0 Å². The first-order valence-electron chi connectivity index (χ1n) is 6.80. The van der Waals surface area contributed by atoms with Crippen molar-refractivity contribution in [2.75, 3.05) is 19.5 Å². The van der Waals surface area contributed by atoms with E-state index >= 15 is 0 Å². The molecule has 24 heavy (non-hydrogen) atoms. The SMILES string of the molecule is COc1ccc(NC(=S)N/N=C\c2ccc(Cl)c(Cl)c2)cc1OC. The number of hydrogen-bond acceptors (Lipinski definition) is 4. The van der Waals surface area contributed by atoms with Gasteiger partial charge in [-0.2, -0.15) is 5.10 Å². The molecule has 2 rings (SSSR count). The molecular weight excluding hydrogens is 369 g/mol. The number of hydrogen-bond donors (Lipinski definition) is 2. The third-order valence-corrected chi connectivity index (χ3v) is 3.90. The Bertz CT molecular complexity index is 769. The van der Waals surface area contributed by atoms with Crippen molar-refractivity contribution in [2.24, 2.45) is 5.10 Å².